The molecule has 1 aliphatic rings. The Labute approximate surface area is 118 Å². The average Bonchev–Trinajstić information content (AvgIpc) is 2.46. The Bertz CT molecular complexity index is 505. The van der Waals surface area contributed by atoms with Gasteiger partial charge in [-0.1, -0.05) is 0 Å². The van der Waals surface area contributed by atoms with Crippen LogP contribution in [0, 0.1) is 5.92 Å². The normalized spacial score (nSPS) is 18.7. The molecule has 0 radical (unpaired) electrons. The first-order chi connectivity index (χ1) is 9.56. The molecule has 0 saturated carbocycles. The van der Waals surface area contributed by atoms with E-state index in [0.29, 0.717) is 23.7 Å². The number of amides is 1. The van der Waals surface area contributed by atoms with Gasteiger partial charge in [-0.25, -0.2) is 0 Å². The lowest BCUT2D eigenvalue weighted by atomic mass is 9.97. The number of nitrogens with two attached hydrogens (primary N) is 2. The van der Waals surface area contributed by atoms with E-state index in [0.717, 1.165) is 25.1 Å². The number of anilines is 2. The zero-order valence-electron chi connectivity index (χ0n) is 11.9. The third kappa shape index (κ3) is 2.74. The van der Waals surface area contributed by atoms with Crippen molar-refractivity contribution in [3.8, 4) is 11.5 Å². The molecule has 0 aliphatic carbocycles. The quantitative estimate of drug-likeness (QED) is 0.802. The van der Waals surface area contributed by atoms with Crippen molar-refractivity contribution in [3.05, 3.63) is 12.1 Å². The Morgan fingerprint density at radius 1 is 1.30 bits per heavy atom. The van der Waals surface area contributed by atoms with Crippen LogP contribution in [0.5, 0.6) is 11.5 Å². The van der Waals surface area contributed by atoms with E-state index < -0.39 is 0 Å². The second-order valence-corrected chi connectivity index (χ2v) is 4.95. The molecule has 1 unspecified atom stereocenters. The molecule has 1 aromatic rings. The lowest BCUT2D eigenvalue weighted by Crippen LogP contribution is -2.41. The summed E-state index contributed by atoms with van der Waals surface area (Å²) in [6.45, 7) is 1.44. The van der Waals surface area contributed by atoms with Gasteiger partial charge < -0.3 is 25.8 Å². The summed E-state index contributed by atoms with van der Waals surface area (Å²) in [7, 11) is 3.15. The van der Waals surface area contributed by atoms with Gasteiger partial charge >= 0.3 is 0 Å². The van der Waals surface area contributed by atoms with Crippen molar-refractivity contribution in [2.24, 2.45) is 11.7 Å². The SMILES string of the molecule is COc1cc(N)c(N2CCCC(C(N)=O)C2)cc1OC. The van der Waals surface area contributed by atoms with Crippen molar-refractivity contribution in [2.45, 2.75) is 12.8 Å². The van der Waals surface area contributed by atoms with E-state index >= 15 is 0 Å². The third-order valence-corrected chi connectivity index (χ3v) is 3.70. The number of nitrogen functional groups attached to an aromatic ring is 1. The molecule has 0 spiro atoms. The first kappa shape index (κ1) is 14.3. The molecule has 1 heterocycles. The molecule has 1 fully saturated rings. The highest BCUT2D eigenvalue weighted by atomic mass is 16.5. The summed E-state index contributed by atoms with van der Waals surface area (Å²) in [5.41, 5.74) is 12.9. The lowest BCUT2D eigenvalue weighted by molar-refractivity contribution is -0.122. The predicted octanol–water partition coefficient (Wildman–Crippen LogP) is 0.988. The molecule has 0 bridgehead atoms. The largest absolute Gasteiger partial charge is 0.493 e. The predicted molar refractivity (Wildman–Crippen MR) is 78.1 cm³/mol. The summed E-state index contributed by atoms with van der Waals surface area (Å²) < 4.78 is 10.5. The molecule has 1 aromatic carbocycles. The number of piperidine rings is 1. The highest BCUT2D eigenvalue weighted by molar-refractivity contribution is 5.79. The fourth-order valence-electron chi connectivity index (χ4n) is 2.59. The van der Waals surface area contributed by atoms with Gasteiger partial charge in [-0.3, -0.25) is 4.79 Å². The minimum Gasteiger partial charge on any atom is -0.493 e. The molecular weight excluding hydrogens is 258 g/mol. The number of hydrogen-bond acceptors (Lipinski definition) is 5. The monoisotopic (exact) mass is 279 g/mol. The standard InChI is InChI=1S/C14H21N3O3/c1-19-12-6-10(15)11(7-13(12)20-2)17-5-3-4-9(8-17)14(16)18/h6-7,9H,3-5,8,15H2,1-2H3,(H2,16,18). The van der Waals surface area contributed by atoms with Crippen LogP contribution in [-0.4, -0.2) is 33.2 Å². The van der Waals surface area contributed by atoms with Crippen molar-refractivity contribution in [3.63, 3.8) is 0 Å². The number of carbonyl (C=O) groups is 1. The molecule has 0 aromatic heterocycles. The molecule has 20 heavy (non-hydrogen) atoms. The summed E-state index contributed by atoms with van der Waals surface area (Å²) in [4.78, 5) is 13.4. The number of benzene rings is 1. The molecule has 6 heteroatoms. The van der Waals surface area contributed by atoms with Gasteiger partial charge in [0.15, 0.2) is 11.5 Å². The maximum atomic E-state index is 11.4. The van der Waals surface area contributed by atoms with Crippen molar-refractivity contribution in [1.29, 1.82) is 0 Å². The van der Waals surface area contributed by atoms with Crippen molar-refractivity contribution >= 4 is 17.3 Å². The molecule has 110 valence electrons. The number of nitrogens with zero attached hydrogens (tertiary/aromatic N) is 1. The Kier molecular flexibility index (Phi) is 4.22. The van der Waals surface area contributed by atoms with Crippen LogP contribution in [0.15, 0.2) is 12.1 Å². The van der Waals surface area contributed by atoms with E-state index in [4.69, 9.17) is 20.9 Å². The topological polar surface area (TPSA) is 90.8 Å². The van der Waals surface area contributed by atoms with Crippen LogP contribution < -0.4 is 25.8 Å². The van der Waals surface area contributed by atoms with Crippen LogP contribution in [0.4, 0.5) is 11.4 Å². The highest BCUT2D eigenvalue weighted by Gasteiger charge is 2.26. The Hall–Kier alpha value is -2.11. The highest BCUT2D eigenvalue weighted by Crippen LogP contribution is 2.38. The van der Waals surface area contributed by atoms with Gasteiger partial charge in [-0.05, 0) is 12.8 Å². The Morgan fingerprint density at radius 2 is 1.95 bits per heavy atom. The first-order valence-corrected chi connectivity index (χ1v) is 6.62. The van der Waals surface area contributed by atoms with E-state index in [9.17, 15) is 4.79 Å². The second-order valence-electron chi connectivity index (χ2n) is 4.95. The third-order valence-electron chi connectivity index (χ3n) is 3.70. The summed E-state index contributed by atoms with van der Waals surface area (Å²) in [6.07, 6.45) is 1.75. The van der Waals surface area contributed by atoms with Gasteiger partial charge in [0.25, 0.3) is 0 Å². The Morgan fingerprint density at radius 3 is 2.55 bits per heavy atom. The van der Waals surface area contributed by atoms with Gasteiger partial charge in [-0.15, -0.1) is 0 Å². The molecular formula is C14H21N3O3. The van der Waals surface area contributed by atoms with Crippen molar-refractivity contribution in [2.75, 3.05) is 37.9 Å². The van der Waals surface area contributed by atoms with Gasteiger partial charge in [0.05, 0.1) is 31.5 Å². The van der Waals surface area contributed by atoms with Gasteiger partial charge in [0.1, 0.15) is 0 Å². The number of hydrogen-bond donors (Lipinski definition) is 2. The first-order valence-electron chi connectivity index (χ1n) is 6.62. The number of carbonyl (C=O) groups excluding carboxylic acids is 1. The summed E-state index contributed by atoms with van der Waals surface area (Å²) in [5.74, 6) is 0.833. The smallest absolute Gasteiger partial charge is 0.222 e. The van der Waals surface area contributed by atoms with E-state index in [1.807, 2.05) is 6.07 Å². The molecule has 4 N–H and O–H groups in total. The molecule has 2 rings (SSSR count). The van der Waals surface area contributed by atoms with E-state index in [2.05, 4.69) is 4.90 Å². The summed E-state index contributed by atoms with van der Waals surface area (Å²) in [5, 5.41) is 0. The van der Waals surface area contributed by atoms with Crippen LogP contribution >= 0.6 is 0 Å². The minimum atomic E-state index is -0.256. The number of rotatable bonds is 4. The fraction of sp³-hybridized carbons (Fsp3) is 0.500. The Balaban J connectivity index is 2.29. The molecule has 1 aliphatic heterocycles. The lowest BCUT2D eigenvalue weighted by Gasteiger charge is -2.34. The fourth-order valence-corrected chi connectivity index (χ4v) is 2.59. The number of ether oxygens (including phenoxy) is 2. The number of primary amides is 1. The van der Waals surface area contributed by atoms with Crippen LogP contribution in [-0.2, 0) is 4.79 Å². The van der Waals surface area contributed by atoms with E-state index in [-0.39, 0.29) is 11.8 Å². The van der Waals surface area contributed by atoms with Gasteiger partial charge in [0, 0.05) is 25.2 Å². The molecule has 1 saturated heterocycles. The average molecular weight is 279 g/mol. The minimum absolute atomic E-state index is 0.128. The van der Waals surface area contributed by atoms with Crippen LogP contribution in [0.25, 0.3) is 0 Å². The zero-order valence-corrected chi connectivity index (χ0v) is 11.9. The van der Waals surface area contributed by atoms with Crippen molar-refractivity contribution in [1.82, 2.24) is 0 Å². The van der Waals surface area contributed by atoms with Crippen LogP contribution in [0.2, 0.25) is 0 Å². The van der Waals surface area contributed by atoms with Crippen molar-refractivity contribution < 1.29 is 14.3 Å². The molecule has 1 amide bonds. The van der Waals surface area contributed by atoms with Crippen LogP contribution in [0.1, 0.15) is 12.8 Å². The second kappa shape index (κ2) is 5.90. The van der Waals surface area contributed by atoms with E-state index in [1.54, 1.807) is 20.3 Å². The van der Waals surface area contributed by atoms with Gasteiger partial charge in [-0.2, -0.15) is 0 Å². The molecule has 1 atom stereocenters. The van der Waals surface area contributed by atoms with Gasteiger partial charge in [0.2, 0.25) is 5.91 Å². The van der Waals surface area contributed by atoms with Crippen LogP contribution in [0.3, 0.4) is 0 Å². The number of methoxy groups -OCH3 is 2. The maximum Gasteiger partial charge on any atom is 0.222 e. The summed E-state index contributed by atoms with van der Waals surface area (Å²) >= 11 is 0. The summed E-state index contributed by atoms with van der Waals surface area (Å²) in [6, 6.07) is 3.58. The zero-order chi connectivity index (χ0) is 14.7. The molecule has 6 nitrogen and oxygen atoms in total. The maximum absolute atomic E-state index is 11.4. The van der Waals surface area contributed by atoms with E-state index in [1.165, 1.54) is 0 Å².